The maximum atomic E-state index is 13.2. The normalized spacial score (nSPS) is 22.8. The summed E-state index contributed by atoms with van der Waals surface area (Å²) in [5.41, 5.74) is 1.51. The summed E-state index contributed by atoms with van der Waals surface area (Å²) in [6, 6.07) is 11.6. The van der Waals surface area contributed by atoms with Gasteiger partial charge in [0.05, 0.1) is 0 Å². The molecular weight excluding hydrogens is 387 g/mol. The largest absolute Gasteiger partial charge is 0.454 e. The van der Waals surface area contributed by atoms with E-state index in [2.05, 4.69) is 0 Å². The first kappa shape index (κ1) is 18.9. The summed E-state index contributed by atoms with van der Waals surface area (Å²) in [4.78, 5) is 29.3. The molecule has 3 heterocycles. The fraction of sp³-hybridized carbons (Fsp3) is 0.391. The fourth-order valence-electron chi connectivity index (χ4n) is 4.75. The Bertz CT molecular complexity index is 978. The van der Waals surface area contributed by atoms with Crippen molar-refractivity contribution in [2.75, 3.05) is 19.9 Å². The Morgan fingerprint density at radius 2 is 1.87 bits per heavy atom. The topological polar surface area (TPSA) is 59.1 Å². The molecule has 2 amide bonds. The number of rotatable bonds is 3. The van der Waals surface area contributed by atoms with E-state index < -0.39 is 0 Å². The molecular formula is C23H23FN2O4. The summed E-state index contributed by atoms with van der Waals surface area (Å²) in [7, 11) is 0. The van der Waals surface area contributed by atoms with E-state index in [0.717, 1.165) is 24.2 Å². The van der Waals surface area contributed by atoms with E-state index >= 15 is 0 Å². The van der Waals surface area contributed by atoms with Gasteiger partial charge in [0.1, 0.15) is 5.82 Å². The van der Waals surface area contributed by atoms with Gasteiger partial charge in [-0.05, 0) is 60.7 Å². The first-order chi connectivity index (χ1) is 14.6. The van der Waals surface area contributed by atoms with E-state index in [-0.39, 0.29) is 36.4 Å². The van der Waals surface area contributed by atoms with Crippen molar-refractivity contribution in [3.05, 3.63) is 59.4 Å². The lowest BCUT2D eigenvalue weighted by molar-refractivity contribution is -0.141. The molecule has 6 nitrogen and oxygen atoms in total. The molecule has 2 atom stereocenters. The van der Waals surface area contributed by atoms with Gasteiger partial charge in [-0.1, -0.05) is 6.07 Å². The highest BCUT2D eigenvalue weighted by Gasteiger charge is 2.40. The van der Waals surface area contributed by atoms with Gasteiger partial charge in [-0.25, -0.2) is 4.39 Å². The third kappa shape index (κ3) is 3.49. The smallest absolute Gasteiger partial charge is 0.253 e. The first-order valence-corrected chi connectivity index (χ1v) is 10.3. The van der Waals surface area contributed by atoms with Gasteiger partial charge in [-0.2, -0.15) is 0 Å². The number of halogens is 1. The number of nitrogens with zero attached hydrogens (tertiary/aromatic N) is 2. The molecule has 2 aromatic rings. The lowest BCUT2D eigenvalue weighted by atomic mass is 9.83. The van der Waals surface area contributed by atoms with Gasteiger partial charge in [0, 0.05) is 37.7 Å². The zero-order chi connectivity index (χ0) is 20.7. The molecule has 0 aromatic heterocycles. The van der Waals surface area contributed by atoms with Gasteiger partial charge in [-0.15, -0.1) is 0 Å². The Morgan fingerprint density at radius 1 is 1.07 bits per heavy atom. The first-order valence-electron chi connectivity index (χ1n) is 10.3. The molecule has 3 aliphatic rings. The summed E-state index contributed by atoms with van der Waals surface area (Å²) >= 11 is 0. The maximum Gasteiger partial charge on any atom is 0.253 e. The molecule has 30 heavy (non-hydrogen) atoms. The van der Waals surface area contributed by atoms with Crippen molar-refractivity contribution in [1.82, 2.24) is 9.80 Å². The van der Waals surface area contributed by atoms with E-state index in [1.165, 1.54) is 24.3 Å². The van der Waals surface area contributed by atoms with Crippen LogP contribution in [0.3, 0.4) is 0 Å². The molecule has 0 spiro atoms. The van der Waals surface area contributed by atoms with Gasteiger partial charge >= 0.3 is 0 Å². The third-order valence-corrected chi connectivity index (χ3v) is 6.31. The Balaban J connectivity index is 1.29. The highest BCUT2D eigenvalue weighted by Crippen LogP contribution is 2.36. The van der Waals surface area contributed by atoms with Crippen LogP contribution in [0, 0.1) is 11.7 Å². The van der Waals surface area contributed by atoms with Crippen LogP contribution in [0.2, 0.25) is 0 Å². The van der Waals surface area contributed by atoms with Gasteiger partial charge < -0.3 is 19.3 Å². The summed E-state index contributed by atoms with van der Waals surface area (Å²) in [6.45, 7) is 1.96. The second-order valence-corrected chi connectivity index (χ2v) is 8.12. The fourth-order valence-corrected chi connectivity index (χ4v) is 4.75. The number of hydrogen-bond acceptors (Lipinski definition) is 4. The highest BCUT2D eigenvalue weighted by atomic mass is 19.1. The average molecular weight is 410 g/mol. The second-order valence-electron chi connectivity index (χ2n) is 8.12. The van der Waals surface area contributed by atoms with Gasteiger partial charge in [0.15, 0.2) is 11.5 Å². The average Bonchev–Trinajstić information content (AvgIpc) is 3.23. The number of hydrogen-bond donors (Lipinski definition) is 0. The number of ether oxygens (including phenoxy) is 2. The Hall–Kier alpha value is -3.09. The molecule has 0 N–H and O–H groups in total. The summed E-state index contributed by atoms with van der Waals surface area (Å²) in [5.74, 6) is 1.42. The Morgan fingerprint density at radius 3 is 2.70 bits per heavy atom. The van der Waals surface area contributed by atoms with Crippen molar-refractivity contribution in [1.29, 1.82) is 0 Å². The van der Waals surface area contributed by atoms with Crippen LogP contribution in [-0.2, 0) is 11.3 Å². The molecule has 0 bridgehead atoms. The number of piperidine rings is 2. The molecule has 7 heteroatoms. The minimum atomic E-state index is -0.352. The van der Waals surface area contributed by atoms with Crippen LogP contribution >= 0.6 is 0 Å². The standard InChI is InChI=1S/C23H23FN2O4/c24-18-5-2-16(3-6-18)23(28)25-10-9-19-17(13-25)4-8-22(27)26(19)12-15-1-7-20-21(11-15)30-14-29-20/h1-3,5-7,11,17,19H,4,8-10,12-14H2/t17-,19+/m0/s1. The van der Waals surface area contributed by atoms with Crippen molar-refractivity contribution >= 4 is 11.8 Å². The van der Waals surface area contributed by atoms with Crippen LogP contribution in [0.1, 0.15) is 35.2 Å². The molecule has 0 saturated carbocycles. The zero-order valence-electron chi connectivity index (χ0n) is 16.6. The molecule has 3 aliphatic heterocycles. The number of likely N-dealkylation sites (tertiary alicyclic amines) is 2. The van der Waals surface area contributed by atoms with E-state index in [9.17, 15) is 14.0 Å². The van der Waals surface area contributed by atoms with Crippen molar-refractivity contribution in [2.24, 2.45) is 5.92 Å². The molecule has 2 saturated heterocycles. The number of carbonyl (C=O) groups is 2. The summed E-state index contributed by atoms with van der Waals surface area (Å²) in [5, 5.41) is 0. The third-order valence-electron chi connectivity index (χ3n) is 6.31. The number of carbonyl (C=O) groups excluding carboxylic acids is 2. The van der Waals surface area contributed by atoms with Crippen molar-refractivity contribution in [3.8, 4) is 11.5 Å². The molecule has 5 rings (SSSR count). The lowest BCUT2D eigenvalue weighted by Gasteiger charge is -2.47. The molecule has 0 aliphatic carbocycles. The number of fused-ring (bicyclic) bond motifs is 2. The van der Waals surface area contributed by atoms with Crippen molar-refractivity contribution < 1.29 is 23.5 Å². The second kappa shape index (κ2) is 7.63. The van der Waals surface area contributed by atoms with E-state index in [0.29, 0.717) is 37.4 Å². The van der Waals surface area contributed by atoms with E-state index in [1.54, 1.807) is 0 Å². The van der Waals surface area contributed by atoms with Crippen LogP contribution in [0.5, 0.6) is 11.5 Å². The molecule has 2 aromatic carbocycles. The minimum Gasteiger partial charge on any atom is -0.454 e. The minimum absolute atomic E-state index is 0.0762. The summed E-state index contributed by atoms with van der Waals surface area (Å²) in [6.07, 6.45) is 2.02. The molecule has 0 unspecified atom stereocenters. The van der Waals surface area contributed by atoms with Crippen molar-refractivity contribution in [3.63, 3.8) is 0 Å². The summed E-state index contributed by atoms with van der Waals surface area (Å²) < 4.78 is 24.0. The van der Waals surface area contributed by atoms with Crippen molar-refractivity contribution in [2.45, 2.75) is 31.8 Å². The Labute approximate surface area is 174 Å². The van der Waals surface area contributed by atoms with Gasteiger partial charge in [0.2, 0.25) is 12.7 Å². The molecule has 0 radical (unpaired) electrons. The van der Waals surface area contributed by atoms with E-state index in [4.69, 9.17) is 9.47 Å². The quantitative estimate of drug-likeness (QED) is 0.780. The van der Waals surface area contributed by atoms with E-state index in [1.807, 2.05) is 28.0 Å². The Kier molecular flexibility index (Phi) is 4.81. The van der Waals surface area contributed by atoms with Gasteiger partial charge in [0.25, 0.3) is 5.91 Å². The van der Waals surface area contributed by atoms with Crippen LogP contribution < -0.4 is 9.47 Å². The zero-order valence-corrected chi connectivity index (χ0v) is 16.6. The predicted octanol–water partition coefficient (Wildman–Crippen LogP) is 3.21. The SMILES string of the molecule is O=C(c1ccc(F)cc1)N1CC[C@@H]2[C@@H](CCC(=O)N2Cc2ccc3c(c2)OCO3)C1. The number of amides is 2. The predicted molar refractivity (Wildman–Crippen MR) is 107 cm³/mol. The van der Waals surface area contributed by atoms with Crippen LogP contribution in [0.15, 0.2) is 42.5 Å². The monoisotopic (exact) mass is 410 g/mol. The maximum absolute atomic E-state index is 13.2. The molecule has 156 valence electrons. The van der Waals surface area contributed by atoms with Crippen LogP contribution in [-0.4, -0.2) is 47.5 Å². The molecule has 2 fully saturated rings. The number of benzene rings is 2. The lowest BCUT2D eigenvalue weighted by Crippen LogP contribution is -2.56. The highest BCUT2D eigenvalue weighted by molar-refractivity contribution is 5.94. The van der Waals surface area contributed by atoms with Crippen LogP contribution in [0.25, 0.3) is 0 Å². The van der Waals surface area contributed by atoms with Crippen LogP contribution in [0.4, 0.5) is 4.39 Å². The van der Waals surface area contributed by atoms with Gasteiger partial charge in [-0.3, -0.25) is 9.59 Å².